The molecule has 1 N–H and O–H groups in total. The van der Waals surface area contributed by atoms with Gasteiger partial charge < -0.3 is 9.72 Å². The van der Waals surface area contributed by atoms with Crippen molar-refractivity contribution in [2.24, 2.45) is 4.99 Å². The Kier molecular flexibility index (Phi) is 8.38. The first kappa shape index (κ1) is 31.8. The highest BCUT2D eigenvalue weighted by molar-refractivity contribution is 6.24. The van der Waals surface area contributed by atoms with Gasteiger partial charge in [0.05, 0.1) is 23.5 Å². The van der Waals surface area contributed by atoms with Gasteiger partial charge in [-0.15, -0.1) is 0 Å². The number of aromatic nitrogens is 4. The molecule has 1 aliphatic heterocycles. The van der Waals surface area contributed by atoms with Crippen LogP contribution in [0, 0.1) is 0 Å². The van der Waals surface area contributed by atoms with Crippen LogP contribution in [0.2, 0.25) is 0 Å². The second-order valence-electron chi connectivity index (χ2n) is 12.6. The summed E-state index contributed by atoms with van der Waals surface area (Å²) in [6, 6.07) is 15.6. The molecule has 0 radical (unpaired) electrons. The highest BCUT2D eigenvalue weighted by atomic mass is 19.4. The molecule has 9 nitrogen and oxygen atoms in total. The maximum atomic E-state index is 13.7. The van der Waals surface area contributed by atoms with Crippen molar-refractivity contribution in [1.29, 1.82) is 0 Å². The molecule has 7 rings (SSSR count). The van der Waals surface area contributed by atoms with Crippen molar-refractivity contribution in [1.82, 2.24) is 29.2 Å². The number of pyridine rings is 2. The summed E-state index contributed by atoms with van der Waals surface area (Å²) in [6.07, 6.45) is 0.472. The van der Waals surface area contributed by atoms with E-state index in [-0.39, 0.29) is 11.4 Å². The highest BCUT2D eigenvalue weighted by Crippen LogP contribution is 2.39. The van der Waals surface area contributed by atoms with E-state index in [1.54, 1.807) is 35.7 Å². The first-order valence-corrected chi connectivity index (χ1v) is 16.1. The molecule has 0 bridgehead atoms. The molecule has 1 atom stereocenters. The summed E-state index contributed by atoms with van der Waals surface area (Å²) >= 11 is 0. The van der Waals surface area contributed by atoms with Crippen molar-refractivity contribution in [3.63, 3.8) is 0 Å². The van der Waals surface area contributed by atoms with E-state index in [0.29, 0.717) is 46.6 Å². The van der Waals surface area contributed by atoms with Crippen molar-refractivity contribution in [2.45, 2.75) is 38.9 Å². The lowest BCUT2D eigenvalue weighted by Gasteiger charge is -2.36. The number of hydrogen-bond acceptors (Lipinski definition) is 6. The van der Waals surface area contributed by atoms with Crippen molar-refractivity contribution in [3.8, 4) is 5.75 Å². The van der Waals surface area contributed by atoms with Crippen LogP contribution in [0.15, 0.2) is 83.6 Å². The van der Waals surface area contributed by atoms with Gasteiger partial charge >= 0.3 is 6.18 Å². The van der Waals surface area contributed by atoms with Crippen molar-refractivity contribution in [3.05, 3.63) is 107 Å². The number of allylic oxidation sites excluding steroid dienone is 2. The summed E-state index contributed by atoms with van der Waals surface area (Å²) in [6.45, 7) is 11.8. The molecular formula is C36H36F3N7O2. The second-order valence-corrected chi connectivity index (χ2v) is 12.6. The minimum absolute atomic E-state index is 0.246. The third-order valence-corrected chi connectivity index (χ3v) is 9.18. The molecule has 1 aliphatic carbocycles. The van der Waals surface area contributed by atoms with Crippen molar-refractivity contribution >= 4 is 28.2 Å². The summed E-state index contributed by atoms with van der Waals surface area (Å²) in [7, 11) is 0. The Morgan fingerprint density at radius 2 is 1.88 bits per heavy atom. The number of H-pyrrole nitrogens is 1. The number of carbonyl (C=O) groups excluding carboxylic acids is 1. The number of alkyl halides is 3. The fraction of sp³-hybridized carbons (Fsp3) is 0.333. The first-order chi connectivity index (χ1) is 23.1. The number of nitrogens with one attached hydrogen (secondary N) is 1. The van der Waals surface area contributed by atoms with Gasteiger partial charge in [0.15, 0.2) is 0 Å². The van der Waals surface area contributed by atoms with E-state index >= 15 is 0 Å². The molecule has 1 fully saturated rings. The number of rotatable bonds is 7. The van der Waals surface area contributed by atoms with Crippen LogP contribution < -0.4 is 4.74 Å². The number of aromatic amines is 1. The van der Waals surface area contributed by atoms with Gasteiger partial charge in [0.2, 0.25) is 0 Å². The third-order valence-electron chi connectivity index (χ3n) is 9.18. The lowest BCUT2D eigenvalue weighted by molar-refractivity contribution is -0.141. The van der Waals surface area contributed by atoms with E-state index in [9.17, 15) is 18.0 Å². The summed E-state index contributed by atoms with van der Waals surface area (Å²) in [5.74, 6) is -0.420. The molecular weight excluding hydrogens is 619 g/mol. The van der Waals surface area contributed by atoms with Gasteiger partial charge in [-0.2, -0.15) is 13.2 Å². The molecule has 1 unspecified atom stereocenters. The quantitative estimate of drug-likeness (QED) is 0.220. The van der Waals surface area contributed by atoms with Crippen LogP contribution in [0.4, 0.5) is 13.2 Å². The number of piperazine rings is 1. The Labute approximate surface area is 275 Å². The maximum Gasteiger partial charge on any atom is 0.433 e. The number of hydrogen-bond donors (Lipinski definition) is 1. The van der Waals surface area contributed by atoms with Crippen LogP contribution in [0.1, 0.15) is 59.8 Å². The second kappa shape index (κ2) is 12.7. The number of benzene rings is 1. The molecule has 2 aliphatic rings. The number of carbonyl (C=O) groups is 1. The zero-order valence-electron chi connectivity index (χ0n) is 27.0. The van der Waals surface area contributed by atoms with Gasteiger partial charge in [-0.05, 0) is 50.6 Å². The minimum atomic E-state index is -4.57. The molecule has 0 spiro atoms. The lowest BCUT2D eigenvalue weighted by Crippen LogP contribution is -2.49. The van der Waals surface area contributed by atoms with Crippen LogP contribution in [-0.4, -0.2) is 86.1 Å². The molecule has 248 valence electrons. The normalized spacial score (nSPS) is 18.5. The lowest BCUT2D eigenvalue weighted by atomic mass is 9.84. The molecule has 5 heterocycles. The number of aliphatic imine (C=N–C) groups is 1. The zero-order valence-corrected chi connectivity index (χ0v) is 27.0. The largest absolute Gasteiger partial charge is 0.492 e. The molecule has 4 aromatic heterocycles. The first-order valence-electron chi connectivity index (χ1n) is 16.1. The number of para-hydroxylation sites is 1. The number of ether oxygens (including phenoxy) is 1. The summed E-state index contributed by atoms with van der Waals surface area (Å²) in [5, 5.41) is 0.810. The Balaban J connectivity index is 1.14. The van der Waals surface area contributed by atoms with E-state index in [2.05, 4.69) is 43.6 Å². The molecule has 1 aromatic carbocycles. The zero-order chi connectivity index (χ0) is 33.6. The molecule has 1 amide bonds. The van der Waals surface area contributed by atoms with E-state index in [4.69, 9.17) is 4.74 Å². The number of amides is 1. The van der Waals surface area contributed by atoms with E-state index in [1.807, 2.05) is 30.3 Å². The van der Waals surface area contributed by atoms with E-state index in [1.165, 1.54) is 12.3 Å². The van der Waals surface area contributed by atoms with Gasteiger partial charge in [0.25, 0.3) is 5.91 Å². The Morgan fingerprint density at radius 3 is 2.65 bits per heavy atom. The average molecular weight is 656 g/mol. The average Bonchev–Trinajstić information content (AvgIpc) is 3.68. The standard InChI is InChI=1S/C36H36F3N7O2/c1-22(2)45-15-13-44(14-16-45)17-18-48-24-11-12-46-29(21-40-31(46)20-24)35(47)43-33-23(3)19-26(28-9-6-10-30(41-28)36(37,38)39)34-32(33)25-7-4-5-8-27(25)42-34/h4-12,19-22,26,42H,13-18H2,1-3H3. The number of fused-ring (bicyclic) bond motifs is 4. The third kappa shape index (κ3) is 6.13. The van der Waals surface area contributed by atoms with Crippen LogP contribution >= 0.6 is 0 Å². The van der Waals surface area contributed by atoms with Crippen molar-refractivity contribution in [2.75, 3.05) is 39.3 Å². The minimum Gasteiger partial charge on any atom is -0.492 e. The van der Waals surface area contributed by atoms with Crippen LogP contribution in [-0.2, 0) is 6.18 Å². The topological polar surface area (TPSA) is 91.1 Å². The fourth-order valence-electron chi connectivity index (χ4n) is 6.59. The van der Waals surface area contributed by atoms with Gasteiger partial charge in [-0.25, -0.2) is 15.0 Å². The monoisotopic (exact) mass is 655 g/mol. The summed E-state index contributed by atoms with van der Waals surface area (Å²) in [4.78, 5) is 35.0. The molecule has 1 saturated heterocycles. The van der Waals surface area contributed by atoms with Crippen molar-refractivity contribution < 1.29 is 22.7 Å². The SMILES string of the molecule is CC1=CC(c2cccc(C(F)(F)F)n2)c2[nH]c3ccccc3c2C1=NC(=O)c1cnc2cc(OCCN3CCN(C(C)C)CC3)ccn12. The predicted octanol–water partition coefficient (Wildman–Crippen LogP) is 6.36. The van der Waals surface area contributed by atoms with Gasteiger partial charge in [0, 0.05) is 73.2 Å². The predicted molar refractivity (Wildman–Crippen MR) is 178 cm³/mol. The Morgan fingerprint density at radius 1 is 1.08 bits per heavy atom. The van der Waals surface area contributed by atoms with Gasteiger partial charge in [-0.3, -0.25) is 19.0 Å². The van der Waals surface area contributed by atoms with E-state index < -0.39 is 23.7 Å². The molecule has 12 heteroatoms. The van der Waals surface area contributed by atoms with Gasteiger partial charge in [0.1, 0.15) is 29.4 Å². The Hall–Kier alpha value is -4.81. The smallest absolute Gasteiger partial charge is 0.433 e. The summed E-state index contributed by atoms with van der Waals surface area (Å²) in [5.41, 5.74) is 3.29. The number of nitrogens with zero attached hydrogens (tertiary/aromatic N) is 6. The molecule has 0 saturated carbocycles. The number of imidazole rings is 1. The maximum absolute atomic E-state index is 13.7. The van der Waals surface area contributed by atoms with Crippen LogP contribution in [0.25, 0.3) is 16.6 Å². The fourth-order valence-corrected chi connectivity index (χ4v) is 6.59. The van der Waals surface area contributed by atoms with Crippen LogP contribution in [0.3, 0.4) is 0 Å². The summed E-state index contributed by atoms with van der Waals surface area (Å²) < 4.78 is 48.4. The molecule has 5 aromatic rings. The van der Waals surface area contributed by atoms with Crippen LogP contribution in [0.5, 0.6) is 5.75 Å². The number of halogens is 3. The van der Waals surface area contributed by atoms with E-state index in [0.717, 1.165) is 49.7 Å². The van der Waals surface area contributed by atoms with Gasteiger partial charge in [-0.1, -0.05) is 30.3 Å². The molecule has 48 heavy (non-hydrogen) atoms. The highest BCUT2D eigenvalue weighted by Gasteiger charge is 2.35. The Bertz CT molecular complexity index is 2050.